The molecule has 1 aliphatic heterocycles. The highest BCUT2D eigenvalue weighted by atomic mass is 15.0. The SMILES string of the molecule is C1=N[C@H](c2ccccc2)[C@@H](c2ccccc2)N=C1c1c[nH]c2ccccc12. The maximum absolute atomic E-state index is 5.15. The average Bonchev–Trinajstić information content (AvgIpc) is 3.19. The Bertz CT molecular complexity index is 1120. The van der Waals surface area contributed by atoms with Crippen molar-refractivity contribution in [3.05, 3.63) is 108 Å². The number of benzene rings is 3. The first kappa shape index (κ1) is 15.8. The zero-order chi connectivity index (χ0) is 18.1. The molecule has 0 fully saturated rings. The number of H-pyrrole nitrogens is 1. The summed E-state index contributed by atoms with van der Waals surface area (Å²) in [5.74, 6) is 0. The molecule has 3 aromatic carbocycles. The molecule has 2 atom stereocenters. The molecule has 1 aromatic heterocycles. The van der Waals surface area contributed by atoms with Crippen LogP contribution in [0.25, 0.3) is 10.9 Å². The van der Waals surface area contributed by atoms with Gasteiger partial charge in [0.25, 0.3) is 0 Å². The Labute approximate surface area is 158 Å². The van der Waals surface area contributed by atoms with Crippen LogP contribution >= 0.6 is 0 Å². The normalized spacial score (nSPS) is 19.2. The molecule has 0 aliphatic carbocycles. The van der Waals surface area contributed by atoms with E-state index in [-0.39, 0.29) is 12.1 Å². The lowest BCUT2D eigenvalue weighted by Crippen LogP contribution is -2.18. The molecule has 1 N–H and O–H groups in total. The molecule has 2 heterocycles. The lowest BCUT2D eigenvalue weighted by atomic mass is 9.92. The molecule has 0 bridgehead atoms. The summed E-state index contributed by atoms with van der Waals surface area (Å²) >= 11 is 0. The average molecular weight is 349 g/mol. The zero-order valence-corrected chi connectivity index (χ0v) is 14.8. The van der Waals surface area contributed by atoms with E-state index in [9.17, 15) is 0 Å². The number of aromatic amines is 1. The highest BCUT2D eigenvalue weighted by Crippen LogP contribution is 2.38. The van der Waals surface area contributed by atoms with Crippen LogP contribution in [0.1, 0.15) is 28.8 Å². The van der Waals surface area contributed by atoms with Crippen LogP contribution in [-0.4, -0.2) is 16.9 Å². The van der Waals surface area contributed by atoms with E-state index in [4.69, 9.17) is 9.98 Å². The fourth-order valence-corrected chi connectivity index (χ4v) is 3.73. The molecule has 130 valence electrons. The first-order valence-corrected chi connectivity index (χ1v) is 9.17. The number of aromatic nitrogens is 1. The standard InChI is InChI=1S/C24H19N3/c1-3-9-17(10-4-1)23-24(18-11-5-2-6-12-18)27-22(16-26-23)20-15-25-21-14-8-7-13-19(20)21/h1-16,23-25H/t23-,24-/m1/s1. The third kappa shape index (κ3) is 2.87. The van der Waals surface area contributed by atoms with Gasteiger partial charge in [0.05, 0.1) is 5.71 Å². The van der Waals surface area contributed by atoms with E-state index in [1.807, 2.05) is 30.6 Å². The second-order valence-corrected chi connectivity index (χ2v) is 6.75. The first-order chi connectivity index (χ1) is 13.4. The number of para-hydroxylation sites is 1. The highest BCUT2D eigenvalue weighted by Gasteiger charge is 2.27. The lowest BCUT2D eigenvalue weighted by Gasteiger charge is -2.25. The maximum atomic E-state index is 5.15. The Morgan fingerprint density at radius 3 is 2.04 bits per heavy atom. The number of fused-ring (bicyclic) bond motifs is 1. The van der Waals surface area contributed by atoms with Crippen molar-refractivity contribution in [3.63, 3.8) is 0 Å². The minimum absolute atomic E-state index is 0.0115. The Balaban J connectivity index is 1.62. The molecule has 1 aliphatic rings. The Morgan fingerprint density at radius 1 is 0.667 bits per heavy atom. The van der Waals surface area contributed by atoms with Gasteiger partial charge in [0.2, 0.25) is 0 Å². The Kier molecular flexibility index (Phi) is 3.91. The minimum Gasteiger partial charge on any atom is -0.360 e. The summed E-state index contributed by atoms with van der Waals surface area (Å²) in [4.78, 5) is 13.4. The largest absolute Gasteiger partial charge is 0.360 e. The molecule has 5 rings (SSSR count). The maximum Gasteiger partial charge on any atom is 0.102 e. The second-order valence-electron chi connectivity index (χ2n) is 6.75. The van der Waals surface area contributed by atoms with Crippen LogP contribution in [0.2, 0.25) is 0 Å². The van der Waals surface area contributed by atoms with Gasteiger partial charge in [-0.15, -0.1) is 0 Å². The molecule has 4 aromatic rings. The van der Waals surface area contributed by atoms with Crippen LogP contribution in [0.5, 0.6) is 0 Å². The van der Waals surface area contributed by atoms with Crippen molar-refractivity contribution in [1.29, 1.82) is 0 Å². The zero-order valence-electron chi connectivity index (χ0n) is 14.8. The van der Waals surface area contributed by atoms with Crippen molar-refractivity contribution in [2.24, 2.45) is 9.98 Å². The number of aliphatic imine (C=N–C) groups is 2. The third-order valence-electron chi connectivity index (χ3n) is 5.08. The number of rotatable bonds is 3. The van der Waals surface area contributed by atoms with Gasteiger partial charge in [-0.05, 0) is 17.2 Å². The summed E-state index contributed by atoms with van der Waals surface area (Å²) in [6.45, 7) is 0. The lowest BCUT2D eigenvalue weighted by molar-refractivity contribution is 0.577. The molecule has 3 heteroatoms. The minimum atomic E-state index is -0.0396. The van der Waals surface area contributed by atoms with Gasteiger partial charge < -0.3 is 4.98 Å². The monoisotopic (exact) mass is 349 g/mol. The molecule has 0 saturated heterocycles. The van der Waals surface area contributed by atoms with E-state index in [1.165, 1.54) is 16.5 Å². The summed E-state index contributed by atoms with van der Waals surface area (Å²) in [6, 6.07) is 29.1. The van der Waals surface area contributed by atoms with Gasteiger partial charge in [0.15, 0.2) is 0 Å². The van der Waals surface area contributed by atoms with Crippen LogP contribution in [0.3, 0.4) is 0 Å². The molecular formula is C24H19N3. The molecular weight excluding hydrogens is 330 g/mol. The van der Waals surface area contributed by atoms with Crippen LogP contribution in [0, 0.1) is 0 Å². The molecule has 27 heavy (non-hydrogen) atoms. The molecule has 3 nitrogen and oxygen atoms in total. The van der Waals surface area contributed by atoms with Crippen LogP contribution < -0.4 is 0 Å². The van der Waals surface area contributed by atoms with Crippen LogP contribution in [-0.2, 0) is 0 Å². The summed E-state index contributed by atoms with van der Waals surface area (Å²) in [6.07, 6.45) is 3.95. The molecule has 0 amide bonds. The molecule has 0 saturated carbocycles. The van der Waals surface area contributed by atoms with Gasteiger partial charge in [-0.1, -0.05) is 78.9 Å². The van der Waals surface area contributed by atoms with E-state index < -0.39 is 0 Å². The number of hydrogen-bond donors (Lipinski definition) is 1. The smallest absolute Gasteiger partial charge is 0.102 e. The highest BCUT2D eigenvalue weighted by molar-refractivity contribution is 6.41. The number of nitrogens with one attached hydrogen (secondary N) is 1. The van der Waals surface area contributed by atoms with Gasteiger partial charge in [0, 0.05) is 28.9 Å². The third-order valence-corrected chi connectivity index (χ3v) is 5.08. The van der Waals surface area contributed by atoms with E-state index in [0.717, 1.165) is 16.8 Å². The van der Waals surface area contributed by atoms with Crippen LogP contribution in [0.4, 0.5) is 0 Å². The predicted octanol–water partition coefficient (Wildman–Crippen LogP) is 5.52. The van der Waals surface area contributed by atoms with E-state index in [0.29, 0.717) is 0 Å². The summed E-state index contributed by atoms with van der Waals surface area (Å²) in [7, 11) is 0. The molecule has 0 unspecified atom stereocenters. The number of nitrogens with zero attached hydrogens (tertiary/aromatic N) is 2. The van der Waals surface area contributed by atoms with Crippen LogP contribution in [0.15, 0.2) is 101 Å². The van der Waals surface area contributed by atoms with Gasteiger partial charge >= 0.3 is 0 Å². The van der Waals surface area contributed by atoms with Gasteiger partial charge in [-0.2, -0.15) is 0 Å². The van der Waals surface area contributed by atoms with Crippen molar-refractivity contribution in [2.45, 2.75) is 12.1 Å². The molecule has 0 radical (unpaired) electrons. The van der Waals surface area contributed by atoms with Crippen molar-refractivity contribution in [2.75, 3.05) is 0 Å². The topological polar surface area (TPSA) is 40.5 Å². The van der Waals surface area contributed by atoms with Crippen molar-refractivity contribution in [3.8, 4) is 0 Å². The Morgan fingerprint density at radius 2 is 1.30 bits per heavy atom. The second kappa shape index (κ2) is 6.69. The number of hydrogen-bond acceptors (Lipinski definition) is 2. The van der Waals surface area contributed by atoms with Gasteiger partial charge in [-0.3, -0.25) is 9.98 Å². The summed E-state index contributed by atoms with van der Waals surface area (Å²) < 4.78 is 0. The van der Waals surface area contributed by atoms with E-state index in [1.54, 1.807) is 0 Å². The van der Waals surface area contributed by atoms with Gasteiger partial charge in [-0.25, -0.2) is 0 Å². The Hall–Kier alpha value is -3.46. The van der Waals surface area contributed by atoms with E-state index >= 15 is 0 Å². The fraction of sp³-hybridized carbons (Fsp3) is 0.0833. The van der Waals surface area contributed by atoms with Crippen molar-refractivity contribution in [1.82, 2.24) is 4.98 Å². The van der Waals surface area contributed by atoms with Crippen molar-refractivity contribution < 1.29 is 0 Å². The van der Waals surface area contributed by atoms with Crippen molar-refractivity contribution >= 4 is 22.8 Å². The fourth-order valence-electron chi connectivity index (χ4n) is 3.73. The predicted molar refractivity (Wildman–Crippen MR) is 112 cm³/mol. The summed E-state index contributed by atoms with van der Waals surface area (Å²) in [5, 5.41) is 1.17. The molecule has 0 spiro atoms. The quantitative estimate of drug-likeness (QED) is 0.506. The van der Waals surface area contributed by atoms with E-state index in [2.05, 4.69) is 71.7 Å². The van der Waals surface area contributed by atoms with Gasteiger partial charge in [0.1, 0.15) is 12.1 Å². The first-order valence-electron chi connectivity index (χ1n) is 9.17. The summed E-state index contributed by atoms with van der Waals surface area (Å²) in [5.41, 5.74) is 5.50.